The molecule has 8 N–H and O–H groups in total. The number of rotatable bonds is 16. The van der Waals surface area contributed by atoms with E-state index < -0.39 is 71.9 Å². The quantitative estimate of drug-likeness (QED) is 0.119. The van der Waals surface area contributed by atoms with Gasteiger partial charge in [-0.15, -0.1) is 0 Å². The summed E-state index contributed by atoms with van der Waals surface area (Å²) in [5, 5.41) is 20.6. The highest BCUT2D eigenvalue weighted by atomic mass is 16.6. The number of nitrogens with one attached hydrogen (secondary N) is 5. The van der Waals surface area contributed by atoms with Crippen molar-refractivity contribution in [3.63, 3.8) is 0 Å². The SMILES string of the molecule is CC(C)C[C@H](NC(=O)[C@H](Cc1c[nH]c2ccccc12)NC(=O)OC(C)(C)C)C(=O)N[C@@H](CC(=O)O)C(=O)N[C@@H](Cc1ccccc1)C(N)=O. The molecule has 14 heteroatoms. The zero-order valence-electron chi connectivity index (χ0n) is 28.4. The summed E-state index contributed by atoms with van der Waals surface area (Å²) in [4.78, 5) is 80.5. The molecule has 0 aliphatic heterocycles. The van der Waals surface area contributed by atoms with Crippen molar-refractivity contribution in [1.29, 1.82) is 0 Å². The summed E-state index contributed by atoms with van der Waals surface area (Å²) in [7, 11) is 0. The Bertz CT molecular complexity index is 1630. The summed E-state index contributed by atoms with van der Waals surface area (Å²) >= 11 is 0. The van der Waals surface area contributed by atoms with Crippen LogP contribution in [0.3, 0.4) is 0 Å². The van der Waals surface area contributed by atoms with Crippen molar-refractivity contribution < 1.29 is 38.6 Å². The number of benzene rings is 2. The van der Waals surface area contributed by atoms with Crippen molar-refractivity contribution in [2.24, 2.45) is 11.7 Å². The van der Waals surface area contributed by atoms with Gasteiger partial charge in [0.25, 0.3) is 0 Å². The molecule has 0 aliphatic carbocycles. The lowest BCUT2D eigenvalue weighted by Crippen LogP contribution is -2.59. The number of H-pyrrole nitrogens is 1. The van der Waals surface area contributed by atoms with E-state index >= 15 is 0 Å². The van der Waals surface area contributed by atoms with Gasteiger partial charge in [-0.05, 0) is 50.3 Å². The normalized spacial score (nSPS) is 13.8. The average molecular weight is 679 g/mol. The van der Waals surface area contributed by atoms with Crippen LogP contribution >= 0.6 is 0 Å². The lowest BCUT2D eigenvalue weighted by molar-refractivity contribution is -0.141. The second-order valence-corrected chi connectivity index (χ2v) is 13.3. The number of hydrogen-bond acceptors (Lipinski definition) is 7. The topological polar surface area (TPSA) is 222 Å². The Morgan fingerprint density at radius 1 is 0.776 bits per heavy atom. The molecule has 1 aromatic heterocycles. The van der Waals surface area contributed by atoms with Gasteiger partial charge in [0.2, 0.25) is 23.6 Å². The van der Waals surface area contributed by atoms with E-state index in [4.69, 9.17) is 10.5 Å². The molecule has 0 unspecified atom stereocenters. The summed E-state index contributed by atoms with van der Waals surface area (Å²) in [5.74, 6) is -4.82. The first-order valence-corrected chi connectivity index (χ1v) is 16.0. The molecule has 0 bridgehead atoms. The van der Waals surface area contributed by atoms with E-state index in [-0.39, 0.29) is 25.2 Å². The maximum absolute atomic E-state index is 13.8. The maximum Gasteiger partial charge on any atom is 0.408 e. The molecule has 264 valence electrons. The van der Waals surface area contributed by atoms with Crippen molar-refractivity contribution in [2.45, 2.75) is 90.1 Å². The lowest BCUT2D eigenvalue weighted by atomic mass is 10.00. The summed E-state index contributed by atoms with van der Waals surface area (Å²) in [6, 6.07) is 11.0. The van der Waals surface area contributed by atoms with E-state index in [9.17, 15) is 33.9 Å². The van der Waals surface area contributed by atoms with Crippen LogP contribution < -0.4 is 27.0 Å². The minimum absolute atomic E-state index is 0.0458. The number of primary amides is 1. The van der Waals surface area contributed by atoms with Crippen LogP contribution in [0, 0.1) is 5.92 Å². The van der Waals surface area contributed by atoms with E-state index in [1.165, 1.54) is 0 Å². The molecule has 14 nitrogen and oxygen atoms in total. The van der Waals surface area contributed by atoms with Crippen LogP contribution in [-0.2, 0) is 41.6 Å². The van der Waals surface area contributed by atoms with Crippen LogP contribution in [0.5, 0.6) is 0 Å². The Hall–Kier alpha value is -5.40. The fourth-order valence-corrected chi connectivity index (χ4v) is 5.16. The molecule has 1 heterocycles. The molecule has 0 radical (unpaired) electrons. The zero-order chi connectivity index (χ0) is 36.3. The lowest BCUT2D eigenvalue weighted by Gasteiger charge is -2.27. The monoisotopic (exact) mass is 678 g/mol. The van der Waals surface area contributed by atoms with E-state index in [1.54, 1.807) is 57.3 Å². The Kier molecular flexibility index (Phi) is 13.3. The predicted octanol–water partition coefficient (Wildman–Crippen LogP) is 2.31. The number of para-hydroxylation sites is 1. The second kappa shape index (κ2) is 17.1. The van der Waals surface area contributed by atoms with Crippen molar-refractivity contribution in [1.82, 2.24) is 26.3 Å². The van der Waals surface area contributed by atoms with Gasteiger partial charge in [-0.25, -0.2) is 4.79 Å². The highest BCUT2D eigenvalue weighted by Crippen LogP contribution is 2.20. The summed E-state index contributed by atoms with van der Waals surface area (Å²) in [6.45, 7) is 8.68. The third kappa shape index (κ3) is 12.3. The first-order chi connectivity index (χ1) is 23.0. The van der Waals surface area contributed by atoms with Gasteiger partial charge in [0.15, 0.2) is 0 Å². The number of alkyl carbamates (subject to hydrolysis) is 1. The van der Waals surface area contributed by atoms with Gasteiger partial charge in [0.05, 0.1) is 6.42 Å². The average Bonchev–Trinajstić information content (AvgIpc) is 3.41. The molecule has 2 aromatic carbocycles. The van der Waals surface area contributed by atoms with Gasteiger partial charge >= 0.3 is 12.1 Å². The number of carboxylic acid groups (broad SMARTS) is 1. The van der Waals surface area contributed by atoms with Gasteiger partial charge in [-0.3, -0.25) is 24.0 Å². The third-order valence-electron chi connectivity index (χ3n) is 7.40. The number of hydrogen-bond donors (Lipinski definition) is 7. The molecule has 4 atom stereocenters. The highest BCUT2D eigenvalue weighted by Gasteiger charge is 2.33. The first kappa shape index (κ1) is 38.1. The van der Waals surface area contributed by atoms with Crippen LogP contribution in [0.2, 0.25) is 0 Å². The van der Waals surface area contributed by atoms with Crippen LogP contribution in [0.15, 0.2) is 60.8 Å². The fraction of sp³-hybridized carbons (Fsp3) is 0.429. The molecule has 3 rings (SSSR count). The standard InChI is InChI=1S/C35H46N6O8/c1-20(2)15-26(31(45)40-28(18-29(42)43)33(47)38-25(30(36)44)16-21-11-7-6-8-12-21)39-32(46)27(41-34(48)49-35(3,4)5)17-22-19-37-24-14-10-9-13-23(22)24/h6-14,19-20,25-28,37H,15-18H2,1-5H3,(H2,36,44)(H,38,47)(H,39,46)(H,40,45)(H,41,48)(H,42,43)/t25-,26-,27-,28-/m0/s1. The molecule has 0 spiro atoms. The van der Waals surface area contributed by atoms with Crippen molar-refractivity contribution in [3.05, 3.63) is 71.9 Å². The molecular formula is C35H46N6O8. The molecule has 49 heavy (non-hydrogen) atoms. The van der Waals surface area contributed by atoms with E-state index in [1.807, 2.05) is 38.1 Å². The van der Waals surface area contributed by atoms with Crippen LogP contribution in [0.1, 0.15) is 58.6 Å². The number of carbonyl (C=O) groups excluding carboxylic acids is 5. The number of amides is 5. The number of fused-ring (bicyclic) bond motifs is 1. The number of aromatic amines is 1. The molecule has 0 saturated heterocycles. The number of ether oxygens (including phenoxy) is 1. The number of carboxylic acids is 1. The molecule has 0 saturated carbocycles. The maximum atomic E-state index is 13.8. The van der Waals surface area contributed by atoms with Gasteiger partial charge in [0, 0.05) is 29.9 Å². The summed E-state index contributed by atoms with van der Waals surface area (Å²) in [6.07, 6.45) is 0.292. The minimum Gasteiger partial charge on any atom is -0.481 e. The molecule has 5 amide bonds. The smallest absolute Gasteiger partial charge is 0.408 e. The van der Waals surface area contributed by atoms with Crippen molar-refractivity contribution >= 4 is 46.6 Å². The Morgan fingerprint density at radius 2 is 1.35 bits per heavy atom. The Labute approximate surface area is 284 Å². The van der Waals surface area contributed by atoms with Crippen molar-refractivity contribution in [2.75, 3.05) is 0 Å². The van der Waals surface area contributed by atoms with Gasteiger partial charge < -0.3 is 41.8 Å². The number of carbonyl (C=O) groups is 6. The zero-order valence-corrected chi connectivity index (χ0v) is 28.4. The number of nitrogens with two attached hydrogens (primary N) is 1. The Balaban J connectivity index is 1.82. The van der Waals surface area contributed by atoms with Gasteiger partial charge in [0.1, 0.15) is 29.8 Å². The van der Waals surface area contributed by atoms with Gasteiger partial charge in [-0.2, -0.15) is 0 Å². The largest absolute Gasteiger partial charge is 0.481 e. The summed E-state index contributed by atoms with van der Waals surface area (Å²) in [5.41, 5.74) is 6.94. The molecule has 3 aromatic rings. The highest BCUT2D eigenvalue weighted by molar-refractivity contribution is 5.96. The summed E-state index contributed by atoms with van der Waals surface area (Å²) < 4.78 is 5.39. The third-order valence-corrected chi connectivity index (χ3v) is 7.40. The van der Waals surface area contributed by atoms with Crippen LogP contribution in [0.25, 0.3) is 10.9 Å². The van der Waals surface area contributed by atoms with E-state index in [0.717, 1.165) is 16.5 Å². The van der Waals surface area contributed by atoms with Crippen LogP contribution in [-0.4, -0.2) is 75.6 Å². The fourth-order valence-electron chi connectivity index (χ4n) is 5.16. The predicted molar refractivity (Wildman–Crippen MR) is 182 cm³/mol. The van der Waals surface area contributed by atoms with Gasteiger partial charge in [-0.1, -0.05) is 62.4 Å². The van der Waals surface area contributed by atoms with Crippen LogP contribution in [0.4, 0.5) is 4.79 Å². The Morgan fingerprint density at radius 3 is 1.96 bits per heavy atom. The first-order valence-electron chi connectivity index (χ1n) is 16.0. The number of aromatic nitrogens is 1. The molecule has 0 fully saturated rings. The number of aliphatic carboxylic acids is 1. The molecular weight excluding hydrogens is 632 g/mol. The van der Waals surface area contributed by atoms with E-state index in [0.29, 0.717) is 5.56 Å². The van der Waals surface area contributed by atoms with Crippen molar-refractivity contribution in [3.8, 4) is 0 Å². The van der Waals surface area contributed by atoms with E-state index in [2.05, 4.69) is 26.3 Å². The second-order valence-electron chi connectivity index (χ2n) is 13.3. The minimum atomic E-state index is -1.60. The molecule has 0 aliphatic rings.